The van der Waals surface area contributed by atoms with Gasteiger partial charge in [-0.2, -0.15) is 0 Å². The van der Waals surface area contributed by atoms with Gasteiger partial charge in [0.15, 0.2) is 28.3 Å². The molecule has 0 saturated heterocycles. The number of rotatable bonds is 1. The third kappa shape index (κ3) is 1.69. The van der Waals surface area contributed by atoms with Crippen molar-refractivity contribution in [1.82, 2.24) is 0 Å². The number of carbonyl (C=O) groups is 1. The second-order valence-electron chi connectivity index (χ2n) is 4.41. The Hall–Kier alpha value is -3.15. The Morgan fingerprint density at radius 2 is 1.57 bits per heavy atom. The monoisotopic (exact) mass is 284 g/mol. The quantitative estimate of drug-likeness (QED) is 0.507. The van der Waals surface area contributed by atoms with Gasteiger partial charge in [0.25, 0.3) is 0 Å². The fourth-order valence-electron chi connectivity index (χ4n) is 2.24. The van der Waals surface area contributed by atoms with Crippen LogP contribution in [0, 0.1) is 0 Å². The molecule has 0 aliphatic heterocycles. The molecule has 0 radical (unpaired) electrons. The number of aldehydes is 1. The van der Waals surface area contributed by atoms with Crippen molar-refractivity contribution in [1.29, 1.82) is 0 Å². The van der Waals surface area contributed by atoms with Crippen LogP contribution in [0.1, 0.15) is 10.4 Å². The molecule has 21 heavy (non-hydrogen) atoms. The zero-order valence-corrected chi connectivity index (χ0v) is 10.5. The van der Waals surface area contributed by atoms with Gasteiger partial charge in [-0.25, -0.2) is 0 Å². The highest BCUT2D eigenvalue weighted by Crippen LogP contribution is 2.32. The minimum absolute atomic E-state index is 0.0938. The van der Waals surface area contributed by atoms with Gasteiger partial charge in [0.05, 0.1) is 22.3 Å². The van der Waals surface area contributed by atoms with Gasteiger partial charge in [-0.15, -0.1) is 0 Å². The second-order valence-corrected chi connectivity index (χ2v) is 4.41. The molecule has 104 valence electrons. The minimum Gasteiger partial charge on any atom is -0.515 e. The van der Waals surface area contributed by atoms with E-state index in [0.717, 1.165) is 6.07 Å². The number of hydrogen-bond donors (Lipinski definition) is 2. The summed E-state index contributed by atoms with van der Waals surface area (Å²) >= 11 is 0. The number of hydrogen-bond acceptors (Lipinski definition) is 6. The number of benzene rings is 2. The summed E-state index contributed by atoms with van der Waals surface area (Å²) in [5.74, 6) is -0.238. The van der Waals surface area contributed by atoms with Crippen LogP contribution in [-0.4, -0.2) is 16.5 Å². The lowest BCUT2D eigenvalue weighted by atomic mass is 10.1. The molecule has 3 rings (SSSR count). The van der Waals surface area contributed by atoms with Crippen molar-refractivity contribution in [2.75, 3.05) is 0 Å². The minimum atomic E-state index is -0.562. The third-order valence-corrected chi connectivity index (χ3v) is 3.27. The molecule has 6 nitrogen and oxygen atoms in total. The first-order chi connectivity index (χ1) is 10.1. The Bertz CT molecular complexity index is 1060. The molecule has 0 aliphatic carbocycles. The molecule has 0 bridgehead atoms. The van der Waals surface area contributed by atoms with Crippen LogP contribution >= 0.6 is 0 Å². The SMILES string of the molecule is O=Cc1c(=O)ccc2c(O)c3ccc(=O)/c(=C\O)c3oc12. The van der Waals surface area contributed by atoms with E-state index in [0.29, 0.717) is 12.5 Å². The predicted octanol–water partition coefficient (Wildman–Crippen LogP) is 0.839. The molecule has 2 N–H and O–H groups in total. The number of fused-ring (bicyclic) bond motifs is 2. The van der Waals surface area contributed by atoms with Gasteiger partial charge >= 0.3 is 0 Å². The van der Waals surface area contributed by atoms with Crippen LogP contribution in [0.2, 0.25) is 0 Å². The number of carbonyl (C=O) groups excluding carboxylic acids is 1. The van der Waals surface area contributed by atoms with Crippen LogP contribution in [0.25, 0.3) is 28.2 Å². The van der Waals surface area contributed by atoms with Crippen molar-refractivity contribution in [3.63, 3.8) is 0 Å². The van der Waals surface area contributed by atoms with Crippen molar-refractivity contribution in [2.24, 2.45) is 0 Å². The zero-order chi connectivity index (χ0) is 15.1. The summed E-state index contributed by atoms with van der Waals surface area (Å²) in [6.07, 6.45) is 0.879. The van der Waals surface area contributed by atoms with Gasteiger partial charge in [-0.3, -0.25) is 14.4 Å². The molecule has 0 spiro atoms. The highest BCUT2D eigenvalue weighted by atomic mass is 16.3. The molecule has 3 aromatic rings. The van der Waals surface area contributed by atoms with Gasteiger partial charge in [0, 0.05) is 0 Å². The van der Waals surface area contributed by atoms with Crippen molar-refractivity contribution in [3.05, 3.63) is 55.5 Å². The van der Waals surface area contributed by atoms with E-state index in [4.69, 9.17) is 9.52 Å². The molecule has 0 aliphatic rings. The summed E-state index contributed by atoms with van der Waals surface area (Å²) < 4.78 is 5.45. The topological polar surface area (TPSA) is 105 Å². The maximum absolute atomic E-state index is 11.7. The number of aliphatic hydroxyl groups is 1. The maximum atomic E-state index is 11.7. The highest BCUT2D eigenvalue weighted by Gasteiger charge is 2.15. The first-order valence-electron chi connectivity index (χ1n) is 5.93. The number of aliphatic hydroxyl groups excluding tert-OH is 1. The summed E-state index contributed by atoms with van der Waals surface area (Å²) in [7, 11) is 0. The van der Waals surface area contributed by atoms with Gasteiger partial charge < -0.3 is 14.6 Å². The average molecular weight is 284 g/mol. The Labute approximate surface area is 116 Å². The molecule has 2 aromatic carbocycles. The molecule has 1 heterocycles. The van der Waals surface area contributed by atoms with Gasteiger partial charge in [-0.1, -0.05) is 0 Å². The lowest BCUT2D eigenvalue weighted by molar-refractivity contribution is 0.112. The highest BCUT2D eigenvalue weighted by molar-refractivity contribution is 6.03. The van der Waals surface area contributed by atoms with Crippen molar-refractivity contribution >= 4 is 34.5 Å². The van der Waals surface area contributed by atoms with E-state index in [-0.39, 0.29) is 38.5 Å². The van der Waals surface area contributed by atoms with Crippen LogP contribution in [-0.2, 0) is 0 Å². The van der Waals surface area contributed by atoms with Gasteiger partial charge in [-0.05, 0) is 24.3 Å². The third-order valence-electron chi connectivity index (χ3n) is 3.27. The van der Waals surface area contributed by atoms with E-state index in [2.05, 4.69) is 0 Å². The van der Waals surface area contributed by atoms with Crippen molar-refractivity contribution in [3.8, 4) is 5.75 Å². The van der Waals surface area contributed by atoms with E-state index in [1.807, 2.05) is 0 Å². The average Bonchev–Trinajstić information content (AvgIpc) is 2.47. The molecule has 0 fully saturated rings. The second kappa shape index (κ2) is 4.45. The fourth-order valence-corrected chi connectivity index (χ4v) is 2.24. The fraction of sp³-hybridized carbons (Fsp3) is 0. The van der Waals surface area contributed by atoms with Crippen LogP contribution in [0.5, 0.6) is 5.75 Å². The first-order valence-corrected chi connectivity index (χ1v) is 5.93. The van der Waals surface area contributed by atoms with Crippen LogP contribution < -0.4 is 16.1 Å². The summed E-state index contributed by atoms with van der Waals surface area (Å²) in [5.41, 5.74) is -1.56. The summed E-state index contributed by atoms with van der Waals surface area (Å²) in [4.78, 5) is 34.4. The van der Waals surface area contributed by atoms with E-state index in [1.54, 1.807) is 0 Å². The smallest absolute Gasteiger partial charge is 0.192 e. The Balaban J connectivity index is 2.73. The summed E-state index contributed by atoms with van der Waals surface area (Å²) in [6.45, 7) is 0. The predicted molar refractivity (Wildman–Crippen MR) is 75.6 cm³/mol. The molecule has 0 atom stereocenters. The lowest BCUT2D eigenvalue weighted by Gasteiger charge is -2.06. The van der Waals surface area contributed by atoms with Crippen molar-refractivity contribution < 1.29 is 19.4 Å². The van der Waals surface area contributed by atoms with E-state index in [1.165, 1.54) is 18.2 Å². The standard InChI is InChI=1S/C15H8O6/c16-5-9-11(18)3-1-7-13(20)8-2-4-12(19)10(6-17)15(8)21-14(7)9/h1-6,16,20H/b9-5+. The van der Waals surface area contributed by atoms with E-state index >= 15 is 0 Å². The summed E-state index contributed by atoms with van der Waals surface area (Å²) in [5, 5.41) is 19.6. The molecule has 0 unspecified atom stereocenters. The lowest BCUT2D eigenvalue weighted by Crippen LogP contribution is -2.23. The Morgan fingerprint density at radius 3 is 2.19 bits per heavy atom. The van der Waals surface area contributed by atoms with Crippen LogP contribution in [0.15, 0.2) is 38.3 Å². The largest absolute Gasteiger partial charge is 0.515 e. The molecule has 0 amide bonds. The maximum Gasteiger partial charge on any atom is 0.192 e. The zero-order valence-electron chi connectivity index (χ0n) is 10.5. The van der Waals surface area contributed by atoms with Crippen LogP contribution in [0.3, 0.4) is 0 Å². The Kier molecular flexibility index (Phi) is 2.72. The number of aromatic hydroxyl groups is 1. The molecule has 0 saturated carbocycles. The van der Waals surface area contributed by atoms with E-state index in [9.17, 15) is 19.5 Å². The van der Waals surface area contributed by atoms with E-state index < -0.39 is 10.9 Å². The molecular weight excluding hydrogens is 276 g/mol. The van der Waals surface area contributed by atoms with Gasteiger partial charge in [0.2, 0.25) is 0 Å². The van der Waals surface area contributed by atoms with Crippen LogP contribution in [0.4, 0.5) is 0 Å². The summed E-state index contributed by atoms with van der Waals surface area (Å²) in [6, 6.07) is 4.99. The first kappa shape index (κ1) is 12.9. The molecule has 1 aromatic heterocycles. The normalized spacial score (nSPS) is 12.1. The van der Waals surface area contributed by atoms with Gasteiger partial charge in [0.1, 0.15) is 11.3 Å². The van der Waals surface area contributed by atoms with Crippen molar-refractivity contribution in [2.45, 2.75) is 0 Å². The molecular formula is C15H8O6. The molecule has 6 heteroatoms. The Morgan fingerprint density at radius 1 is 0.952 bits per heavy atom.